The molecule has 3 nitrogen and oxygen atoms in total. The predicted octanol–water partition coefficient (Wildman–Crippen LogP) is 2.89. The van der Waals surface area contributed by atoms with E-state index in [4.69, 9.17) is 14.6 Å². The summed E-state index contributed by atoms with van der Waals surface area (Å²) >= 11 is 0. The zero-order valence-corrected chi connectivity index (χ0v) is 11.9. The Hall–Kier alpha value is -1.31. The molecule has 19 heavy (non-hydrogen) atoms. The Morgan fingerprint density at radius 2 is 1.53 bits per heavy atom. The summed E-state index contributed by atoms with van der Waals surface area (Å²) in [5.74, 6) is 0. The highest BCUT2D eigenvalue weighted by Gasteiger charge is 2.20. The van der Waals surface area contributed by atoms with E-state index in [9.17, 15) is 0 Å². The Labute approximate surface area is 116 Å². The molecular formula is C15H22BNO2. The van der Waals surface area contributed by atoms with Crippen molar-refractivity contribution in [1.29, 1.82) is 5.26 Å². The van der Waals surface area contributed by atoms with Crippen molar-refractivity contribution < 1.29 is 9.31 Å². The quantitative estimate of drug-likeness (QED) is 0.506. The van der Waals surface area contributed by atoms with E-state index in [-0.39, 0.29) is 7.12 Å². The molecule has 0 aliphatic rings. The lowest BCUT2D eigenvalue weighted by Gasteiger charge is -2.14. The lowest BCUT2D eigenvalue weighted by Crippen LogP contribution is -2.37. The number of rotatable bonds is 9. The van der Waals surface area contributed by atoms with E-state index in [1.165, 1.54) is 0 Å². The largest absolute Gasteiger partial charge is 0.493 e. The average molecular weight is 259 g/mol. The molecule has 0 heterocycles. The van der Waals surface area contributed by atoms with Crippen molar-refractivity contribution in [2.45, 2.75) is 39.5 Å². The summed E-state index contributed by atoms with van der Waals surface area (Å²) in [7, 11) is -0.314. The molecular weight excluding hydrogens is 237 g/mol. The molecule has 0 aromatic heterocycles. The molecule has 1 aromatic rings. The van der Waals surface area contributed by atoms with Gasteiger partial charge in [-0.05, 0) is 30.4 Å². The topological polar surface area (TPSA) is 42.2 Å². The second kappa shape index (κ2) is 9.60. The number of nitriles is 1. The molecule has 0 radical (unpaired) electrons. The van der Waals surface area contributed by atoms with Gasteiger partial charge in [-0.2, -0.15) is 5.26 Å². The first kappa shape index (κ1) is 15.8. The van der Waals surface area contributed by atoms with Gasteiger partial charge in [0.15, 0.2) is 0 Å². The molecule has 0 aliphatic carbocycles. The smallest absolute Gasteiger partial charge is 0.407 e. The van der Waals surface area contributed by atoms with Crippen molar-refractivity contribution in [3.63, 3.8) is 0 Å². The van der Waals surface area contributed by atoms with Crippen molar-refractivity contribution in [1.82, 2.24) is 0 Å². The van der Waals surface area contributed by atoms with E-state index in [0.29, 0.717) is 18.8 Å². The van der Waals surface area contributed by atoms with Gasteiger partial charge in [0.05, 0.1) is 11.6 Å². The van der Waals surface area contributed by atoms with Gasteiger partial charge in [0.1, 0.15) is 0 Å². The highest BCUT2D eigenvalue weighted by Crippen LogP contribution is 2.01. The van der Waals surface area contributed by atoms with Crippen LogP contribution in [0.3, 0.4) is 0 Å². The van der Waals surface area contributed by atoms with Crippen molar-refractivity contribution >= 4 is 12.6 Å². The van der Waals surface area contributed by atoms with Crippen LogP contribution in [0.15, 0.2) is 24.3 Å². The van der Waals surface area contributed by atoms with Gasteiger partial charge in [-0.25, -0.2) is 0 Å². The van der Waals surface area contributed by atoms with E-state index in [1.54, 1.807) is 12.1 Å². The van der Waals surface area contributed by atoms with Crippen LogP contribution < -0.4 is 5.46 Å². The maximum absolute atomic E-state index is 8.80. The molecule has 0 spiro atoms. The molecule has 0 unspecified atom stereocenters. The molecule has 0 fully saturated rings. The van der Waals surface area contributed by atoms with Gasteiger partial charge >= 0.3 is 7.12 Å². The third-order valence-electron chi connectivity index (χ3n) is 2.85. The summed E-state index contributed by atoms with van der Waals surface area (Å²) in [6, 6.07) is 9.52. The fraction of sp³-hybridized carbons (Fsp3) is 0.533. The molecule has 0 atom stereocenters. The number of hydrogen-bond donors (Lipinski definition) is 0. The molecule has 4 heteroatoms. The van der Waals surface area contributed by atoms with Crippen molar-refractivity contribution in [3.8, 4) is 6.07 Å². The minimum absolute atomic E-state index is 0.314. The van der Waals surface area contributed by atoms with E-state index in [0.717, 1.165) is 31.1 Å². The van der Waals surface area contributed by atoms with Crippen LogP contribution in [0.4, 0.5) is 0 Å². The normalized spacial score (nSPS) is 10.2. The Bertz CT molecular complexity index is 376. The number of benzene rings is 1. The Kier molecular flexibility index (Phi) is 7.96. The molecule has 0 aliphatic heterocycles. The predicted molar refractivity (Wildman–Crippen MR) is 78.3 cm³/mol. The van der Waals surface area contributed by atoms with Crippen LogP contribution in [0.25, 0.3) is 0 Å². The Morgan fingerprint density at radius 1 is 1.00 bits per heavy atom. The first-order valence-corrected chi connectivity index (χ1v) is 7.05. The van der Waals surface area contributed by atoms with E-state index < -0.39 is 0 Å². The SMILES string of the molecule is CCCCOB(OCCCC)c1ccc(C#N)cc1. The number of unbranched alkanes of at least 4 members (excludes halogenated alkanes) is 2. The molecule has 0 saturated carbocycles. The van der Waals surface area contributed by atoms with Crippen molar-refractivity contribution in [3.05, 3.63) is 29.8 Å². The summed E-state index contributed by atoms with van der Waals surface area (Å²) in [5.41, 5.74) is 1.64. The second-order valence-electron chi connectivity index (χ2n) is 4.51. The van der Waals surface area contributed by atoms with Gasteiger partial charge in [-0.3, -0.25) is 0 Å². The summed E-state index contributed by atoms with van der Waals surface area (Å²) in [6.45, 7) is 5.68. The minimum Gasteiger partial charge on any atom is -0.407 e. The zero-order valence-electron chi connectivity index (χ0n) is 11.9. The number of hydrogen-bond acceptors (Lipinski definition) is 3. The zero-order chi connectivity index (χ0) is 13.9. The van der Waals surface area contributed by atoms with Crippen LogP contribution in [0, 0.1) is 11.3 Å². The van der Waals surface area contributed by atoms with Crippen LogP contribution in [0.1, 0.15) is 45.1 Å². The number of nitrogens with zero attached hydrogens (tertiary/aromatic N) is 1. The Balaban J connectivity index is 2.61. The van der Waals surface area contributed by atoms with Crippen molar-refractivity contribution in [2.24, 2.45) is 0 Å². The van der Waals surface area contributed by atoms with Crippen molar-refractivity contribution in [2.75, 3.05) is 13.2 Å². The molecule has 0 saturated heterocycles. The molecule has 0 bridgehead atoms. The molecule has 1 aromatic carbocycles. The van der Waals surface area contributed by atoms with Gasteiger partial charge < -0.3 is 9.31 Å². The monoisotopic (exact) mass is 259 g/mol. The average Bonchev–Trinajstić information content (AvgIpc) is 2.46. The van der Waals surface area contributed by atoms with Crippen LogP contribution in [0.2, 0.25) is 0 Å². The third kappa shape index (κ3) is 5.91. The fourth-order valence-electron chi connectivity index (χ4n) is 1.62. The standard InChI is InChI=1S/C15H22BNO2/c1-3-5-11-18-16(19-12-6-4-2)15-9-7-14(13-17)8-10-15/h7-10H,3-6,11-12H2,1-2H3. The summed E-state index contributed by atoms with van der Waals surface area (Å²) in [5, 5.41) is 8.80. The summed E-state index contributed by atoms with van der Waals surface area (Å²) in [4.78, 5) is 0. The lowest BCUT2D eigenvalue weighted by molar-refractivity contribution is 0.202. The highest BCUT2D eigenvalue weighted by molar-refractivity contribution is 6.61. The first-order valence-electron chi connectivity index (χ1n) is 7.05. The summed E-state index contributed by atoms with van der Waals surface area (Å²) < 4.78 is 11.6. The molecule has 0 N–H and O–H groups in total. The van der Waals surface area contributed by atoms with Crippen LogP contribution >= 0.6 is 0 Å². The van der Waals surface area contributed by atoms with Crippen LogP contribution in [0.5, 0.6) is 0 Å². The van der Waals surface area contributed by atoms with Gasteiger partial charge in [0, 0.05) is 13.2 Å². The summed E-state index contributed by atoms with van der Waals surface area (Å²) in [6.07, 6.45) is 4.28. The van der Waals surface area contributed by atoms with Gasteiger partial charge in [-0.15, -0.1) is 0 Å². The third-order valence-corrected chi connectivity index (χ3v) is 2.85. The van der Waals surface area contributed by atoms with Crippen LogP contribution in [-0.2, 0) is 9.31 Å². The Morgan fingerprint density at radius 3 is 1.95 bits per heavy atom. The lowest BCUT2D eigenvalue weighted by atomic mass is 9.78. The minimum atomic E-state index is -0.314. The maximum atomic E-state index is 8.80. The van der Waals surface area contributed by atoms with Gasteiger partial charge in [-0.1, -0.05) is 38.8 Å². The van der Waals surface area contributed by atoms with E-state index >= 15 is 0 Å². The second-order valence-corrected chi connectivity index (χ2v) is 4.51. The first-order chi connectivity index (χ1) is 9.31. The molecule has 102 valence electrons. The van der Waals surface area contributed by atoms with Crippen LogP contribution in [-0.4, -0.2) is 20.3 Å². The van der Waals surface area contributed by atoms with Gasteiger partial charge in [0.2, 0.25) is 0 Å². The molecule has 0 amide bonds. The van der Waals surface area contributed by atoms with E-state index in [2.05, 4.69) is 19.9 Å². The fourth-order valence-corrected chi connectivity index (χ4v) is 1.62. The highest BCUT2D eigenvalue weighted by atomic mass is 16.6. The molecule has 1 rings (SSSR count). The van der Waals surface area contributed by atoms with Gasteiger partial charge in [0.25, 0.3) is 0 Å². The van der Waals surface area contributed by atoms with E-state index in [1.807, 2.05) is 12.1 Å². The maximum Gasteiger partial charge on any atom is 0.493 e.